The fourth-order valence-corrected chi connectivity index (χ4v) is 3.23. The van der Waals surface area contributed by atoms with Crippen LogP contribution in [0.15, 0.2) is 0 Å². The zero-order valence-corrected chi connectivity index (χ0v) is 8.68. The predicted molar refractivity (Wildman–Crippen MR) is 54.6 cm³/mol. The van der Waals surface area contributed by atoms with Crippen molar-refractivity contribution in [2.45, 2.75) is 51.5 Å². The van der Waals surface area contributed by atoms with Crippen LogP contribution in [0.2, 0.25) is 0 Å². The van der Waals surface area contributed by atoms with Crippen LogP contribution in [0.25, 0.3) is 0 Å². The average Bonchev–Trinajstić information content (AvgIpc) is 2.68. The molecule has 0 bridgehead atoms. The first-order valence-electron chi connectivity index (χ1n) is 5.99. The molecule has 13 heavy (non-hydrogen) atoms. The van der Waals surface area contributed by atoms with Crippen molar-refractivity contribution in [2.24, 2.45) is 17.3 Å². The maximum absolute atomic E-state index is 3.78. The van der Waals surface area contributed by atoms with E-state index in [1.807, 2.05) is 0 Å². The molecule has 0 aliphatic heterocycles. The minimum atomic E-state index is 0.673. The van der Waals surface area contributed by atoms with Gasteiger partial charge in [-0.2, -0.15) is 0 Å². The molecule has 0 spiro atoms. The second-order valence-corrected chi connectivity index (χ2v) is 5.97. The molecule has 3 rings (SSSR count). The number of nitrogens with one attached hydrogen (secondary N) is 1. The highest BCUT2D eigenvalue weighted by molar-refractivity contribution is 4.99. The second kappa shape index (κ2) is 2.73. The van der Waals surface area contributed by atoms with Crippen LogP contribution in [0.5, 0.6) is 0 Å². The Morgan fingerprint density at radius 2 is 1.85 bits per heavy atom. The number of hydrogen-bond acceptors (Lipinski definition) is 1. The van der Waals surface area contributed by atoms with E-state index in [-0.39, 0.29) is 0 Å². The summed E-state index contributed by atoms with van der Waals surface area (Å²) in [5, 5.41) is 3.78. The summed E-state index contributed by atoms with van der Waals surface area (Å²) >= 11 is 0. The molecule has 2 unspecified atom stereocenters. The Kier molecular flexibility index (Phi) is 1.74. The van der Waals surface area contributed by atoms with Crippen molar-refractivity contribution in [3.63, 3.8) is 0 Å². The van der Waals surface area contributed by atoms with E-state index < -0.39 is 0 Å². The fourth-order valence-electron chi connectivity index (χ4n) is 3.23. The molecule has 1 heteroatoms. The van der Waals surface area contributed by atoms with Gasteiger partial charge in [-0.05, 0) is 49.4 Å². The van der Waals surface area contributed by atoms with E-state index in [0.29, 0.717) is 5.41 Å². The van der Waals surface area contributed by atoms with Gasteiger partial charge in [-0.1, -0.05) is 13.3 Å². The topological polar surface area (TPSA) is 12.0 Å². The maximum atomic E-state index is 3.78. The van der Waals surface area contributed by atoms with Gasteiger partial charge in [0.1, 0.15) is 0 Å². The first-order chi connectivity index (χ1) is 6.25. The minimum absolute atomic E-state index is 0.673. The summed E-state index contributed by atoms with van der Waals surface area (Å²) in [7, 11) is 0. The average molecular weight is 179 g/mol. The van der Waals surface area contributed by atoms with Crippen LogP contribution in [-0.4, -0.2) is 12.6 Å². The predicted octanol–water partition coefficient (Wildman–Crippen LogP) is 2.56. The lowest BCUT2D eigenvalue weighted by Crippen LogP contribution is -2.41. The van der Waals surface area contributed by atoms with Gasteiger partial charge in [-0.15, -0.1) is 0 Å². The first kappa shape index (κ1) is 8.28. The molecule has 0 aromatic rings. The number of hydrogen-bond donors (Lipinski definition) is 1. The highest BCUT2D eigenvalue weighted by Crippen LogP contribution is 2.52. The molecule has 74 valence electrons. The zero-order valence-electron chi connectivity index (χ0n) is 8.68. The van der Waals surface area contributed by atoms with E-state index in [4.69, 9.17) is 0 Å². The lowest BCUT2D eigenvalue weighted by Gasteiger charge is -2.39. The molecule has 0 aromatic heterocycles. The summed E-state index contributed by atoms with van der Waals surface area (Å²) in [6, 6.07) is 0.890. The summed E-state index contributed by atoms with van der Waals surface area (Å²) in [5.74, 6) is 2.26. The van der Waals surface area contributed by atoms with E-state index in [1.165, 1.54) is 38.6 Å². The molecule has 0 amide bonds. The van der Waals surface area contributed by atoms with Gasteiger partial charge in [0.05, 0.1) is 0 Å². The summed E-state index contributed by atoms with van der Waals surface area (Å²) in [6.07, 6.45) is 8.91. The molecule has 0 aromatic carbocycles. The van der Waals surface area contributed by atoms with Crippen molar-refractivity contribution in [1.29, 1.82) is 0 Å². The smallest absolute Gasteiger partial charge is 0.00727 e. The normalized spacial score (nSPS) is 45.5. The maximum Gasteiger partial charge on any atom is 0.00727 e. The third kappa shape index (κ3) is 1.52. The molecule has 0 saturated heterocycles. The highest BCUT2D eigenvalue weighted by atomic mass is 14.9. The van der Waals surface area contributed by atoms with Crippen molar-refractivity contribution in [3.8, 4) is 0 Å². The summed E-state index contributed by atoms with van der Waals surface area (Å²) in [6.45, 7) is 3.73. The quantitative estimate of drug-likeness (QED) is 0.702. The third-order valence-corrected chi connectivity index (χ3v) is 4.62. The van der Waals surface area contributed by atoms with Crippen LogP contribution >= 0.6 is 0 Å². The summed E-state index contributed by atoms with van der Waals surface area (Å²) < 4.78 is 0. The molecule has 3 aliphatic carbocycles. The SMILES string of the molecule is CC1(CNC2CC3CC3C2)CCC1. The van der Waals surface area contributed by atoms with Gasteiger partial charge in [-0.3, -0.25) is 0 Å². The van der Waals surface area contributed by atoms with Crippen LogP contribution in [0.4, 0.5) is 0 Å². The molecule has 0 heterocycles. The van der Waals surface area contributed by atoms with Crippen molar-refractivity contribution < 1.29 is 0 Å². The Labute approximate surface area is 81.3 Å². The standard InChI is InChI=1S/C12H21N/c1-12(3-2-4-12)8-13-11-6-9-5-10(9)7-11/h9-11,13H,2-8H2,1H3. The van der Waals surface area contributed by atoms with Gasteiger partial charge in [0.2, 0.25) is 0 Å². The third-order valence-electron chi connectivity index (χ3n) is 4.62. The van der Waals surface area contributed by atoms with Gasteiger partial charge in [0.15, 0.2) is 0 Å². The molecule has 0 radical (unpaired) electrons. The largest absolute Gasteiger partial charge is 0.313 e. The minimum Gasteiger partial charge on any atom is -0.313 e. The van der Waals surface area contributed by atoms with Crippen molar-refractivity contribution in [3.05, 3.63) is 0 Å². The lowest BCUT2D eigenvalue weighted by atomic mass is 9.70. The molecule has 3 fully saturated rings. The monoisotopic (exact) mass is 179 g/mol. The van der Waals surface area contributed by atoms with E-state index >= 15 is 0 Å². The van der Waals surface area contributed by atoms with Crippen molar-refractivity contribution in [2.75, 3.05) is 6.54 Å². The van der Waals surface area contributed by atoms with E-state index in [9.17, 15) is 0 Å². The second-order valence-electron chi connectivity index (χ2n) is 5.97. The van der Waals surface area contributed by atoms with Gasteiger partial charge in [-0.25, -0.2) is 0 Å². The van der Waals surface area contributed by atoms with Gasteiger partial charge in [0, 0.05) is 12.6 Å². The molecule has 3 saturated carbocycles. The molecular weight excluding hydrogens is 158 g/mol. The summed E-state index contributed by atoms with van der Waals surface area (Å²) in [4.78, 5) is 0. The van der Waals surface area contributed by atoms with Crippen molar-refractivity contribution >= 4 is 0 Å². The lowest BCUT2D eigenvalue weighted by molar-refractivity contribution is 0.150. The van der Waals surface area contributed by atoms with Crippen LogP contribution in [-0.2, 0) is 0 Å². The zero-order chi connectivity index (χ0) is 8.89. The van der Waals surface area contributed by atoms with E-state index in [0.717, 1.165) is 17.9 Å². The van der Waals surface area contributed by atoms with E-state index in [2.05, 4.69) is 12.2 Å². The van der Waals surface area contributed by atoms with Gasteiger partial charge in [0.25, 0.3) is 0 Å². The van der Waals surface area contributed by atoms with Crippen LogP contribution in [0.3, 0.4) is 0 Å². The first-order valence-corrected chi connectivity index (χ1v) is 5.99. The Bertz CT molecular complexity index is 197. The van der Waals surface area contributed by atoms with Gasteiger partial charge >= 0.3 is 0 Å². The Hall–Kier alpha value is -0.0400. The highest BCUT2D eigenvalue weighted by Gasteiger charge is 2.46. The van der Waals surface area contributed by atoms with Crippen molar-refractivity contribution in [1.82, 2.24) is 5.32 Å². The molecule has 1 N–H and O–H groups in total. The fraction of sp³-hybridized carbons (Fsp3) is 1.00. The number of fused-ring (bicyclic) bond motifs is 1. The molecule has 2 atom stereocenters. The van der Waals surface area contributed by atoms with Gasteiger partial charge < -0.3 is 5.32 Å². The van der Waals surface area contributed by atoms with Crippen LogP contribution in [0.1, 0.15) is 45.4 Å². The van der Waals surface area contributed by atoms with Crippen LogP contribution in [0, 0.1) is 17.3 Å². The Balaban J connectivity index is 1.43. The molecule has 3 aliphatic rings. The molecule has 1 nitrogen and oxygen atoms in total. The van der Waals surface area contributed by atoms with Crippen LogP contribution < -0.4 is 5.32 Å². The molecular formula is C12H21N. The Morgan fingerprint density at radius 1 is 1.15 bits per heavy atom. The van der Waals surface area contributed by atoms with E-state index in [1.54, 1.807) is 6.42 Å². The summed E-state index contributed by atoms with van der Waals surface area (Å²) in [5.41, 5.74) is 0.673. The number of rotatable bonds is 3. The Morgan fingerprint density at radius 3 is 2.38 bits per heavy atom.